The smallest absolute Gasteiger partial charge is 0.247 e. The van der Waals surface area contributed by atoms with Gasteiger partial charge in [0.15, 0.2) is 11.0 Å². The Bertz CT molecular complexity index is 1240. The third kappa shape index (κ3) is 5.51. The number of methoxy groups -OCH3 is 1. The molecule has 1 N–H and O–H groups in total. The molecule has 8 nitrogen and oxygen atoms in total. The van der Waals surface area contributed by atoms with E-state index in [0.717, 1.165) is 40.8 Å². The number of rotatable bonds is 9. The largest absolute Gasteiger partial charge is 0.497 e. The van der Waals surface area contributed by atoms with E-state index in [1.165, 1.54) is 19.3 Å². The highest BCUT2D eigenvalue weighted by molar-refractivity contribution is 7.99. The lowest BCUT2D eigenvalue weighted by atomic mass is 9.95. The van der Waals surface area contributed by atoms with Crippen molar-refractivity contribution in [3.8, 4) is 17.2 Å². The fourth-order valence-electron chi connectivity index (χ4n) is 4.43. The molecule has 0 amide bonds. The first kappa shape index (κ1) is 23.4. The van der Waals surface area contributed by atoms with Gasteiger partial charge in [-0.25, -0.2) is 0 Å². The first-order chi connectivity index (χ1) is 17.2. The predicted molar refractivity (Wildman–Crippen MR) is 136 cm³/mol. The summed E-state index contributed by atoms with van der Waals surface area (Å²) in [6.07, 6.45) is 6.04. The molecule has 1 aliphatic rings. The summed E-state index contributed by atoms with van der Waals surface area (Å²) in [6, 6.07) is 18.2. The molecule has 182 valence electrons. The maximum absolute atomic E-state index is 6.00. The first-order valence-electron chi connectivity index (χ1n) is 12.1. The molecule has 0 radical (unpaired) electrons. The average molecular weight is 491 g/mol. The van der Waals surface area contributed by atoms with Crippen LogP contribution in [0.25, 0.3) is 11.5 Å². The zero-order valence-electron chi connectivity index (χ0n) is 20.1. The molecule has 2 aromatic carbocycles. The SMILES string of the molecule is COc1cccc(NCc2nnc(SC(C)c3nnc(-c4ccccc4)o3)n2C2CCCCC2)c1. The van der Waals surface area contributed by atoms with E-state index in [0.29, 0.717) is 24.4 Å². The molecule has 1 aliphatic carbocycles. The van der Waals surface area contributed by atoms with E-state index in [1.807, 2.05) is 54.6 Å². The Labute approximate surface area is 209 Å². The van der Waals surface area contributed by atoms with Crippen molar-refractivity contribution in [2.24, 2.45) is 0 Å². The molecule has 0 spiro atoms. The van der Waals surface area contributed by atoms with Gasteiger partial charge in [0.25, 0.3) is 0 Å². The van der Waals surface area contributed by atoms with Gasteiger partial charge in [-0.3, -0.25) is 0 Å². The summed E-state index contributed by atoms with van der Waals surface area (Å²) < 4.78 is 13.7. The average Bonchev–Trinajstić information content (AvgIpc) is 3.56. The summed E-state index contributed by atoms with van der Waals surface area (Å²) in [7, 11) is 1.68. The van der Waals surface area contributed by atoms with Crippen molar-refractivity contribution in [1.82, 2.24) is 25.0 Å². The Kier molecular flexibility index (Phi) is 7.32. The van der Waals surface area contributed by atoms with Gasteiger partial charge in [0, 0.05) is 23.4 Å². The monoisotopic (exact) mass is 490 g/mol. The van der Waals surface area contributed by atoms with E-state index in [-0.39, 0.29) is 5.25 Å². The predicted octanol–water partition coefficient (Wildman–Crippen LogP) is 6.31. The van der Waals surface area contributed by atoms with Gasteiger partial charge in [-0.15, -0.1) is 20.4 Å². The molecule has 4 aromatic rings. The van der Waals surface area contributed by atoms with Crippen LogP contribution >= 0.6 is 11.8 Å². The molecule has 0 bridgehead atoms. The van der Waals surface area contributed by atoms with Gasteiger partial charge in [-0.05, 0) is 44.0 Å². The number of ether oxygens (including phenoxy) is 1. The van der Waals surface area contributed by atoms with Gasteiger partial charge in [0.1, 0.15) is 5.75 Å². The van der Waals surface area contributed by atoms with Gasteiger partial charge in [-0.1, -0.05) is 55.3 Å². The summed E-state index contributed by atoms with van der Waals surface area (Å²) in [5, 5.41) is 22.1. The second-order valence-corrected chi connectivity index (χ2v) is 10.0. The zero-order valence-corrected chi connectivity index (χ0v) is 20.9. The van der Waals surface area contributed by atoms with Crippen LogP contribution in [-0.2, 0) is 6.54 Å². The lowest BCUT2D eigenvalue weighted by Crippen LogP contribution is -2.18. The molecule has 35 heavy (non-hydrogen) atoms. The van der Waals surface area contributed by atoms with Crippen molar-refractivity contribution in [2.75, 3.05) is 12.4 Å². The molecule has 1 saturated carbocycles. The van der Waals surface area contributed by atoms with Gasteiger partial charge in [-0.2, -0.15) is 0 Å². The van der Waals surface area contributed by atoms with Crippen LogP contribution in [0.4, 0.5) is 5.69 Å². The minimum Gasteiger partial charge on any atom is -0.497 e. The Balaban J connectivity index is 1.35. The van der Waals surface area contributed by atoms with Gasteiger partial charge < -0.3 is 19.0 Å². The third-order valence-corrected chi connectivity index (χ3v) is 7.33. The van der Waals surface area contributed by atoms with Gasteiger partial charge >= 0.3 is 0 Å². The molecule has 1 unspecified atom stereocenters. The quantitative estimate of drug-likeness (QED) is 0.273. The van der Waals surface area contributed by atoms with Crippen LogP contribution in [0.1, 0.15) is 62.0 Å². The standard InChI is InChI=1S/C26H30N6O2S/c1-18(24-29-30-25(34-24)19-10-5-3-6-11-19)35-26-31-28-23(32(26)21-13-7-4-8-14-21)17-27-20-12-9-15-22(16-20)33-2/h3,5-6,9-12,15-16,18,21,27H,4,7-8,13-14,17H2,1-2H3. The topological polar surface area (TPSA) is 90.9 Å². The van der Waals surface area contributed by atoms with Crippen LogP contribution in [0.5, 0.6) is 5.75 Å². The molecular weight excluding hydrogens is 460 g/mol. The molecule has 0 aliphatic heterocycles. The van der Waals surface area contributed by atoms with Crippen molar-refractivity contribution < 1.29 is 9.15 Å². The Morgan fingerprint density at radius 3 is 2.66 bits per heavy atom. The van der Waals surface area contributed by atoms with Gasteiger partial charge in [0.2, 0.25) is 11.8 Å². The molecule has 2 aromatic heterocycles. The summed E-state index contributed by atoms with van der Waals surface area (Å²) in [4.78, 5) is 0. The lowest BCUT2D eigenvalue weighted by molar-refractivity contribution is 0.329. The molecule has 9 heteroatoms. The maximum Gasteiger partial charge on any atom is 0.247 e. The Hall–Kier alpha value is -3.33. The van der Waals surface area contributed by atoms with Crippen molar-refractivity contribution in [3.05, 3.63) is 66.3 Å². The number of hydrogen-bond donors (Lipinski definition) is 1. The number of nitrogens with one attached hydrogen (secondary N) is 1. The van der Waals surface area contributed by atoms with Crippen LogP contribution in [0, 0.1) is 0 Å². The van der Waals surface area contributed by atoms with E-state index in [2.05, 4.69) is 37.2 Å². The minimum absolute atomic E-state index is 0.0503. The third-order valence-electron chi connectivity index (χ3n) is 6.29. The number of benzene rings is 2. The second-order valence-electron chi connectivity index (χ2n) is 8.72. The molecule has 2 heterocycles. The van der Waals surface area contributed by atoms with Crippen LogP contribution in [-0.4, -0.2) is 32.1 Å². The molecule has 1 atom stereocenters. The van der Waals surface area contributed by atoms with E-state index in [9.17, 15) is 0 Å². The van der Waals surface area contributed by atoms with Crippen molar-refractivity contribution in [3.63, 3.8) is 0 Å². The number of anilines is 1. The highest BCUT2D eigenvalue weighted by Crippen LogP contribution is 2.38. The summed E-state index contributed by atoms with van der Waals surface area (Å²) >= 11 is 1.62. The normalized spacial score (nSPS) is 15.1. The number of hydrogen-bond acceptors (Lipinski definition) is 8. The number of aromatic nitrogens is 5. The fraction of sp³-hybridized carbons (Fsp3) is 0.385. The first-order valence-corrected chi connectivity index (χ1v) is 13.0. The zero-order chi connectivity index (χ0) is 24.0. The molecule has 0 saturated heterocycles. The highest BCUT2D eigenvalue weighted by Gasteiger charge is 2.26. The fourth-order valence-corrected chi connectivity index (χ4v) is 5.40. The maximum atomic E-state index is 6.00. The highest BCUT2D eigenvalue weighted by atomic mass is 32.2. The molecule has 5 rings (SSSR count). The number of nitrogens with zero attached hydrogens (tertiary/aromatic N) is 5. The van der Waals surface area contributed by atoms with Crippen LogP contribution in [0.2, 0.25) is 0 Å². The second kappa shape index (κ2) is 10.9. The van der Waals surface area contributed by atoms with E-state index >= 15 is 0 Å². The van der Waals surface area contributed by atoms with Crippen molar-refractivity contribution >= 4 is 17.4 Å². The van der Waals surface area contributed by atoms with E-state index < -0.39 is 0 Å². The van der Waals surface area contributed by atoms with E-state index in [1.54, 1.807) is 18.9 Å². The Morgan fingerprint density at radius 1 is 1.03 bits per heavy atom. The van der Waals surface area contributed by atoms with Crippen LogP contribution < -0.4 is 10.1 Å². The summed E-state index contributed by atoms with van der Waals surface area (Å²) in [5.74, 6) is 2.88. The van der Waals surface area contributed by atoms with E-state index in [4.69, 9.17) is 9.15 Å². The van der Waals surface area contributed by atoms with Crippen molar-refractivity contribution in [1.29, 1.82) is 0 Å². The molecular formula is C26H30N6O2S. The van der Waals surface area contributed by atoms with Crippen LogP contribution in [0.3, 0.4) is 0 Å². The summed E-state index contributed by atoms with van der Waals surface area (Å²) in [5.41, 5.74) is 1.91. The molecule has 1 fully saturated rings. The van der Waals surface area contributed by atoms with Crippen LogP contribution in [0.15, 0.2) is 64.2 Å². The minimum atomic E-state index is -0.0503. The Morgan fingerprint density at radius 2 is 1.86 bits per heavy atom. The number of thioether (sulfide) groups is 1. The lowest BCUT2D eigenvalue weighted by Gasteiger charge is -2.26. The van der Waals surface area contributed by atoms with Crippen molar-refractivity contribution in [2.45, 2.75) is 62.0 Å². The van der Waals surface area contributed by atoms with Gasteiger partial charge in [0.05, 0.1) is 18.9 Å². The summed E-state index contributed by atoms with van der Waals surface area (Å²) in [6.45, 7) is 2.66.